The molecule has 0 aromatic heterocycles. The molecular formula is C23H34O5. The van der Waals surface area contributed by atoms with Crippen molar-refractivity contribution in [3.05, 3.63) is 11.6 Å². The van der Waals surface area contributed by atoms with Crippen molar-refractivity contribution in [2.45, 2.75) is 72.1 Å². The first-order valence-corrected chi connectivity index (χ1v) is 10.7. The number of hydrogen-bond donors (Lipinski definition) is 2. The highest BCUT2D eigenvalue weighted by atomic mass is 16.4. The van der Waals surface area contributed by atoms with Crippen LogP contribution in [0, 0.1) is 34.5 Å². The fraction of sp³-hybridized carbons (Fsp3) is 0.783. The fourth-order valence-electron chi connectivity index (χ4n) is 7.23. The van der Waals surface area contributed by atoms with Gasteiger partial charge in [-0.1, -0.05) is 19.4 Å². The van der Waals surface area contributed by atoms with Crippen LogP contribution >= 0.6 is 0 Å². The Bertz CT molecular complexity index is 695. The first-order chi connectivity index (χ1) is 13.1. The molecule has 6 atom stereocenters. The van der Waals surface area contributed by atoms with Crippen LogP contribution in [-0.4, -0.2) is 34.4 Å². The van der Waals surface area contributed by atoms with Gasteiger partial charge in [0.1, 0.15) is 12.4 Å². The maximum Gasteiger partial charge on any atom is 0.329 e. The Kier molecular flexibility index (Phi) is 5.86. The highest BCUT2D eigenvalue weighted by Gasteiger charge is 2.59. The highest BCUT2D eigenvalue weighted by Crippen LogP contribution is 2.66. The minimum Gasteiger partial charge on any atom is -0.480 e. The van der Waals surface area contributed by atoms with Gasteiger partial charge in [-0.05, 0) is 86.5 Å². The molecule has 156 valence electrons. The van der Waals surface area contributed by atoms with Crippen molar-refractivity contribution in [3.63, 3.8) is 0 Å². The molecule has 0 spiro atoms. The van der Waals surface area contributed by atoms with Gasteiger partial charge in [-0.25, -0.2) is 4.79 Å². The van der Waals surface area contributed by atoms with Crippen molar-refractivity contribution in [2.75, 3.05) is 6.61 Å². The topological polar surface area (TPSA) is 91.7 Å². The number of aliphatic hydroxyl groups is 1. The largest absolute Gasteiger partial charge is 0.480 e. The van der Waals surface area contributed by atoms with Crippen LogP contribution in [0.3, 0.4) is 0 Å². The third-order valence-electron chi connectivity index (χ3n) is 8.59. The average molecular weight is 391 g/mol. The normalized spacial score (nSPS) is 41.6. The lowest BCUT2D eigenvalue weighted by molar-refractivity contribution is -0.140. The Morgan fingerprint density at radius 1 is 1.07 bits per heavy atom. The molecule has 0 aromatic carbocycles. The molecule has 3 saturated carbocycles. The van der Waals surface area contributed by atoms with E-state index in [-0.39, 0.29) is 10.8 Å². The molecule has 4 aliphatic carbocycles. The number of carboxylic acids is 1. The summed E-state index contributed by atoms with van der Waals surface area (Å²) >= 11 is 0. The average Bonchev–Trinajstić information content (AvgIpc) is 3.00. The maximum absolute atomic E-state index is 12.1. The summed E-state index contributed by atoms with van der Waals surface area (Å²) in [6.07, 6.45) is 10.9. The van der Waals surface area contributed by atoms with Crippen LogP contribution in [0.15, 0.2) is 11.6 Å². The molecule has 0 heterocycles. The van der Waals surface area contributed by atoms with Crippen LogP contribution in [-0.2, 0) is 14.4 Å². The van der Waals surface area contributed by atoms with E-state index in [9.17, 15) is 9.59 Å². The second-order valence-electron chi connectivity index (χ2n) is 9.81. The summed E-state index contributed by atoms with van der Waals surface area (Å²) in [4.78, 5) is 33.1. The number of rotatable bonds is 2. The van der Waals surface area contributed by atoms with Gasteiger partial charge in [0.2, 0.25) is 0 Å². The zero-order valence-electron chi connectivity index (χ0n) is 17.4. The van der Waals surface area contributed by atoms with E-state index in [1.165, 1.54) is 31.3 Å². The molecule has 4 aliphatic rings. The Hall–Kier alpha value is -1.49. The quantitative estimate of drug-likeness (QED) is 0.748. The van der Waals surface area contributed by atoms with E-state index in [4.69, 9.17) is 15.0 Å². The summed E-state index contributed by atoms with van der Waals surface area (Å²) in [5, 5.41) is 15.0. The monoisotopic (exact) mass is 390 g/mol. The van der Waals surface area contributed by atoms with E-state index in [0.717, 1.165) is 43.4 Å². The minimum atomic E-state index is -1.19. The third kappa shape index (κ3) is 3.47. The Morgan fingerprint density at radius 3 is 2.36 bits per heavy atom. The summed E-state index contributed by atoms with van der Waals surface area (Å²) in [6, 6.07) is 0. The first-order valence-electron chi connectivity index (χ1n) is 10.7. The van der Waals surface area contributed by atoms with Gasteiger partial charge < -0.3 is 10.2 Å². The van der Waals surface area contributed by atoms with Gasteiger partial charge in [-0.3, -0.25) is 9.59 Å². The number of carbonyl (C=O) groups excluding carboxylic acids is 2. The molecule has 5 nitrogen and oxygen atoms in total. The van der Waals surface area contributed by atoms with Crippen LogP contribution in [0.1, 0.15) is 72.1 Å². The van der Waals surface area contributed by atoms with Crippen LogP contribution < -0.4 is 0 Å². The lowest BCUT2D eigenvalue weighted by Crippen LogP contribution is -2.51. The predicted octanol–water partition coefficient (Wildman–Crippen LogP) is 3.79. The number of hydrogen-bond acceptors (Lipinski definition) is 4. The van der Waals surface area contributed by atoms with E-state index >= 15 is 0 Å². The maximum atomic E-state index is 12.1. The SMILES string of the molecule is CC(=O)[C@H]1CC[C@H]2[C@@H]3CCC4=CC(=O)CC[C@]4(C)[C@H]3CC[C@]12C.O=C(O)CO. The highest BCUT2D eigenvalue weighted by molar-refractivity contribution is 5.91. The molecule has 0 amide bonds. The van der Waals surface area contributed by atoms with Crippen molar-refractivity contribution in [2.24, 2.45) is 34.5 Å². The number of carbonyl (C=O) groups is 3. The fourth-order valence-corrected chi connectivity index (χ4v) is 7.23. The zero-order valence-corrected chi connectivity index (χ0v) is 17.4. The van der Waals surface area contributed by atoms with E-state index in [0.29, 0.717) is 17.5 Å². The Balaban J connectivity index is 0.000000403. The van der Waals surface area contributed by atoms with E-state index in [1.807, 2.05) is 6.08 Å². The van der Waals surface area contributed by atoms with Crippen molar-refractivity contribution >= 4 is 17.5 Å². The van der Waals surface area contributed by atoms with Crippen LogP contribution in [0.25, 0.3) is 0 Å². The van der Waals surface area contributed by atoms with E-state index in [2.05, 4.69) is 13.8 Å². The summed E-state index contributed by atoms with van der Waals surface area (Å²) in [7, 11) is 0. The number of Topliss-reactive ketones (excluding diaryl/α,β-unsaturated/α-hetero) is 1. The van der Waals surface area contributed by atoms with Gasteiger partial charge in [-0.2, -0.15) is 0 Å². The second-order valence-corrected chi connectivity index (χ2v) is 9.81. The number of allylic oxidation sites excluding steroid dienone is 1. The molecule has 0 saturated heterocycles. The van der Waals surface area contributed by atoms with Gasteiger partial charge in [0.25, 0.3) is 0 Å². The second kappa shape index (κ2) is 7.74. The molecular weight excluding hydrogens is 356 g/mol. The molecule has 2 N–H and O–H groups in total. The molecule has 5 heteroatoms. The summed E-state index contributed by atoms with van der Waals surface area (Å²) in [6.45, 7) is 5.87. The number of aliphatic carboxylic acids is 1. The van der Waals surface area contributed by atoms with Crippen molar-refractivity contribution in [1.82, 2.24) is 0 Å². The van der Waals surface area contributed by atoms with Gasteiger partial charge in [0, 0.05) is 12.3 Å². The molecule has 0 unspecified atom stereocenters. The summed E-state index contributed by atoms with van der Waals surface area (Å²) in [5.41, 5.74) is 1.95. The Labute approximate surface area is 167 Å². The summed E-state index contributed by atoms with van der Waals surface area (Å²) in [5.74, 6) is 2.10. The molecule has 0 radical (unpaired) electrons. The standard InChI is InChI=1S/C21H30O2.C2H4O3/c1-13(22)17-6-7-18-16-5-4-14-12-15(23)8-10-20(14,2)19(16)9-11-21(17,18)3;3-1-2(4)5/h12,16-19H,4-11H2,1-3H3;3H,1H2,(H,4,5)/t16-,17+,18-,19-,20-,21+;/m0./s1. The Morgan fingerprint density at radius 2 is 1.75 bits per heavy atom. The van der Waals surface area contributed by atoms with Gasteiger partial charge in [0.05, 0.1) is 0 Å². The smallest absolute Gasteiger partial charge is 0.329 e. The van der Waals surface area contributed by atoms with Crippen molar-refractivity contribution in [1.29, 1.82) is 0 Å². The molecule has 0 bridgehead atoms. The molecule has 4 rings (SSSR count). The van der Waals surface area contributed by atoms with Gasteiger partial charge in [-0.15, -0.1) is 0 Å². The molecule has 28 heavy (non-hydrogen) atoms. The number of carboxylic acid groups (broad SMARTS) is 1. The minimum absolute atomic E-state index is 0.245. The third-order valence-corrected chi connectivity index (χ3v) is 8.59. The van der Waals surface area contributed by atoms with Crippen LogP contribution in [0.5, 0.6) is 0 Å². The lowest BCUT2D eigenvalue weighted by Gasteiger charge is -2.58. The van der Waals surface area contributed by atoms with E-state index < -0.39 is 12.6 Å². The van der Waals surface area contributed by atoms with Crippen LogP contribution in [0.2, 0.25) is 0 Å². The first kappa shape index (κ1) is 21.2. The van der Waals surface area contributed by atoms with Gasteiger partial charge >= 0.3 is 5.97 Å². The number of fused-ring (bicyclic) bond motifs is 5. The zero-order chi connectivity index (χ0) is 20.7. The lowest BCUT2D eigenvalue weighted by atomic mass is 9.47. The molecule has 0 aliphatic heterocycles. The van der Waals surface area contributed by atoms with Crippen molar-refractivity contribution in [3.8, 4) is 0 Å². The number of ketones is 2. The predicted molar refractivity (Wildman–Crippen MR) is 106 cm³/mol. The molecule has 0 aromatic rings. The van der Waals surface area contributed by atoms with E-state index in [1.54, 1.807) is 6.92 Å². The number of aliphatic hydroxyl groups excluding tert-OH is 1. The summed E-state index contributed by atoms with van der Waals surface area (Å²) < 4.78 is 0. The van der Waals surface area contributed by atoms with Crippen molar-refractivity contribution < 1.29 is 24.6 Å². The van der Waals surface area contributed by atoms with Gasteiger partial charge in [0.15, 0.2) is 5.78 Å². The molecule has 3 fully saturated rings. The van der Waals surface area contributed by atoms with Crippen LogP contribution in [0.4, 0.5) is 0 Å².